The van der Waals surface area contributed by atoms with Crippen LogP contribution in [0.2, 0.25) is 10.0 Å². The molecule has 0 aromatic heterocycles. The lowest BCUT2D eigenvalue weighted by atomic mass is 9.94. The summed E-state index contributed by atoms with van der Waals surface area (Å²) in [5.41, 5.74) is 1.78. The van der Waals surface area contributed by atoms with E-state index in [9.17, 15) is 18.8 Å². The zero-order valence-corrected chi connectivity index (χ0v) is 23.8. The number of halogens is 3. The number of rotatable bonds is 8. The molecule has 1 N–H and O–H groups in total. The van der Waals surface area contributed by atoms with E-state index in [2.05, 4.69) is 16.8 Å². The zero-order chi connectivity index (χ0) is 29.0. The minimum absolute atomic E-state index is 0.153. The molecule has 2 atom stereocenters. The van der Waals surface area contributed by atoms with Crippen LogP contribution in [-0.4, -0.2) is 78.0 Å². The molecule has 0 spiro atoms. The van der Waals surface area contributed by atoms with Crippen LogP contribution >= 0.6 is 23.2 Å². The maximum absolute atomic E-state index is 13.4. The number of hydrogen-bond donors (Lipinski definition) is 1. The van der Waals surface area contributed by atoms with Gasteiger partial charge in [-0.3, -0.25) is 14.6 Å². The predicted molar refractivity (Wildman–Crippen MR) is 152 cm³/mol. The summed E-state index contributed by atoms with van der Waals surface area (Å²) in [5.74, 6) is -1.13. The Labute approximate surface area is 243 Å². The Bertz CT molecular complexity index is 1330. The van der Waals surface area contributed by atoms with Gasteiger partial charge in [-0.15, -0.1) is 6.58 Å². The Kier molecular flexibility index (Phi) is 9.50. The van der Waals surface area contributed by atoms with Gasteiger partial charge in [-0.05, 0) is 55.8 Å². The quantitative estimate of drug-likeness (QED) is 0.345. The van der Waals surface area contributed by atoms with Crippen molar-refractivity contribution in [1.29, 1.82) is 0 Å². The van der Waals surface area contributed by atoms with Gasteiger partial charge >= 0.3 is 12.0 Å². The van der Waals surface area contributed by atoms with Gasteiger partial charge in [0.15, 0.2) is 0 Å². The summed E-state index contributed by atoms with van der Waals surface area (Å²) < 4.78 is 18.8. The molecule has 0 radical (unpaired) electrons. The fraction of sp³-hybridized carbons (Fsp3) is 0.345. The van der Waals surface area contributed by atoms with Crippen molar-refractivity contribution in [3.05, 3.63) is 93.4 Å². The first kappa shape index (κ1) is 29.6. The van der Waals surface area contributed by atoms with Crippen molar-refractivity contribution in [2.45, 2.75) is 25.9 Å². The molecule has 4 rings (SSSR count). The van der Waals surface area contributed by atoms with E-state index >= 15 is 0 Å². The van der Waals surface area contributed by atoms with E-state index in [4.69, 9.17) is 27.9 Å². The first-order chi connectivity index (χ1) is 19.1. The third-order valence-corrected chi connectivity index (χ3v) is 7.70. The average molecular weight is 589 g/mol. The number of esters is 1. The van der Waals surface area contributed by atoms with Crippen LogP contribution in [0.25, 0.3) is 0 Å². The highest BCUT2D eigenvalue weighted by atomic mass is 35.5. The van der Waals surface area contributed by atoms with Gasteiger partial charge in [0.2, 0.25) is 0 Å². The van der Waals surface area contributed by atoms with Crippen LogP contribution in [0.15, 0.2) is 66.4 Å². The van der Waals surface area contributed by atoms with Gasteiger partial charge in [0, 0.05) is 50.0 Å². The minimum atomic E-state index is -0.809. The van der Waals surface area contributed by atoms with Crippen molar-refractivity contribution in [3.63, 3.8) is 0 Å². The number of benzene rings is 2. The van der Waals surface area contributed by atoms with Crippen molar-refractivity contribution in [3.8, 4) is 0 Å². The lowest BCUT2D eigenvalue weighted by Gasteiger charge is -2.43. The molecular weight excluding hydrogens is 558 g/mol. The Morgan fingerprint density at radius 1 is 1.15 bits per heavy atom. The summed E-state index contributed by atoms with van der Waals surface area (Å²) in [6.45, 7) is 9.43. The number of urea groups is 1. The summed E-state index contributed by atoms with van der Waals surface area (Å²) >= 11 is 12.4. The van der Waals surface area contributed by atoms with Crippen LogP contribution in [0.1, 0.15) is 35.8 Å². The molecule has 0 saturated carbocycles. The highest BCUT2D eigenvalue weighted by Gasteiger charge is 2.39. The number of carbonyl (C=O) groups is 3. The van der Waals surface area contributed by atoms with Crippen molar-refractivity contribution in [1.82, 2.24) is 20.0 Å². The number of piperazine rings is 1. The molecule has 0 bridgehead atoms. The summed E-state index contributed by atoms with van der Waals surface area (Å²) in [4.78, 5) is 45.1. The number of ether oxygens (including phenoxy) is 1. The molecule has 2 aromatic rings. The van der Waals surface area contributed by atoms with Crippen LogP contribution in [0, 0.1) is 5.82 Å². The Balaban J connectivity index is 1.66. The maximum Gasteiger partial charge on any atom is 0.338 e. The van der Waals surface area contributed by atoms with Crippen LogP contribution in [0.3, 0.4) is 0 Å². The van der Waals surface area contributed by atoms with E-state index < -0.39 is 23.9 Å². The third-order valence-electron chi connectivity index (χ3n) is 6.96. The highest BCUT2D eigenvalue weighted by Crippen LogP contribution is 2.35. The van der Waals surface area contributed by atoms with Crippen LogP contribution in [0.5, 0.6) is 0 Å². The maximum atomic E-state index is 13.4. The van der Waals surface area contributed by atoms with Gasteiger partial charge in [0.25, 0.3) is 5.91 Å². The summed E-state index contributed by atoms with van der Waals surface area (Å²) in [7, 11) is 0. The third kappa shape index (κ3) is 6.32. The number of hydrogen-bond acceptors (Lipinski definition) is 5. The molecule has 212 valence electrons. The zero-order valence-electron chi connectivity index (χ0n) is 22.3. The molecule has 2 aliphatic rings. The molecule has 2 unspecified atom stereocenters. The standard InChI is InChI=1S/C29H31Cl2FN4O4/c1-4-12-36-24(17-34-13-14-35(18(3)16-34)27(37)19-6-9-21(32)10-7-19)25(28(38)40-5-2)26(33-29(36)39)20-8-11-22(30)23(31)15-20/h4,6-11,15,18,26H,1,5,12-14,16-17H2,2-3H3,(H,33,39). The predicted octanol–water partition coefficient (Wildman–Crippen LogP) is 5.05. The molecular formula is C29H31Cl2FN4O4. The summed E-state index contributed by atoms with van der Waals surface area (Å²) in [6.07, 6.45) is 1.59. The molecule has 2 aliphatic heterocycles. The number of nitrogens with one attached hydrogen (secondary N) is 1. The molecule has 3 amide bonds. The molecule has 1 saturated heterocycles. The normalized spacial score (nSPS) is 19.9. The van der Waals surface area contributed by atoms with E-state index in [1.165, 1.54) is 29.2 Å². The van der Waals surface area contributed by atoms with Crippen LogP contribution in [-0.2, 0) is 9.53 Å². The minimum Gasteiger partial charge on any atom is -0.463 e. The molecule has 0 aliphatic carbocycles. The first-order valence-corrected chi connectivity index (χ1v) is 13.7. The van der Waals surface area contributed by atoms with Gasteiger partial charge < -0.3 is 15.0 Å². The summed E-state index contributed by atoms with van der Waals surface area (Å²) in [6, 6.07) is 9.06. The molecule has 2 aromatic carbocycles. The largest absolute Gasteiger partial charge is 0.463 e. The number of amides is 3. The lowest BCUT2D eigenvalue weighted by molar-refractivity contribution is -0.139. The average Bonchev–Trinajstić information content (AvgIpc) is 2.92. The Morgan fingerprint density at radius 2 is 1.88 bits per heavy atom. The fourth-order valence-electron chi connectivity index (χ4n) is 5.04. The lowest BCUT2D eigenvalue weighted by Crippen LogP contribution is -2.56. The van der Waals surface area contributed by atoms with Gasteiger partial charge in [-0.1, -0.05) is 35.3 Å². The molecule has 40 heavy (non-hydrogen) atoms. The first-order valence-electron chi connectivity index (χ1n) is 13.0. The second kappa shape index (κ2) is 12.8. The van der Waals surface area contributed by atoms with Crippen molar-refractivity contribution >= 4 is 41.1 Å². The van der Waals surface area contributed by atoms with Crippen molar-refractivity contribution < 1.29 is 23.5 Å². The van der Waals surface area contributed by atoms with Crippen molar-refractivity contribution in [2.24, 2.45) is 0 Å². The molecule has 1 fully saturated rings. The van der Waals surface area contributed by atoms with Gasteiger partial charge in [0.05, 0.1) is 28.3 Å². The monoisotopic (exact) mass is 588 g/mol. The molecule has 2 heterocycles. The van der Waals surface area contributed by atoms with Gasteiger partial charge in [-0.25, -0.2) is 14.0 Å². The smallest absolute Gasteiger partial charge is 0.338 e. The second-order valence-electron chi connectivity index (χ2n) is 9.63. The van der Waals surface area contributed by atoms with Crippen LogP contribution in [0.4, 0.5) is 9.18 Å². The molecule has 8 nitrogen and oxygen atoms in total. The van der Waals surface area contributed by atoms with Gasteiger partial charge in [0.1, 0.15) is 5.82 Å². The van der Waals surface area contributed by atoms with E-state index in [1.807, 2.05) is 6.92 Å². The number of nitrogens with zero attached hydrogens (tertiary/aromatic N) is 3. The SMILES string of the molecule is C=CCN1C(=O)NC(c2ccc(Cl)c(Cl)c2)C(C(=O)OCC)=C1CN1CCN(C(=O)c2ccc(F)cc2)C(C)C1. The van der Waals surface area contributed by atoms with Crippen LogP contribution < -0.4 is 5.32 Å². The fourth-order valence-corrected chi connectivity index (χ4v) is 5.34. The van der Waals surface area contributed by atoms with E-state index in [0.29, 0.717) is 52.1 Å². The van der Waals surface area contributed by atoms with E-state index in [1.54, 1.807) is 36.1 Å². The Morgan fingerprint density at radius 3 is 2.50 bits per heavy atom. The van der Waals surface area contributed by atoms with Gasteiger partial charge in [-0.2, -0.15) is 0 Å². The van der Waals surface area contributed by atoms with Crippen molar-refractivity contribution in [2.75, 3.05) is 39.3 Å². The van der Waals surface area contributed by atoms with E-state index in [-0.39, 0.29) is 31.6 Å². The highest BCUT2D eigenvalue weighted by molar-refractivity contribution is 6.42. The number of carbonyl (C=O) groups excluding carboxylic acids is 3. The topological polar surface area (TPSA) is 82.2 Å². The summed E-state index contributed by atoms with van der Waals surface area (Å²) in [5, 5.41) is 3.55. The molecule has 11 heteroatoms. The van der Waals surface area contributed by atoms with E-state index in [0.717, 1.165) is 0 Å². The Hall–Kier alpha value is -3.40. The second-order valence-corrected chi connectivity index (χ2v) is 10.4.